The zero-order chi connectivity index (χ0) is 18.1. The number of aromatic nitrogens is 1. The number of carbonyl (C=O) groups is 2. The molecular weight excluding hydrogens is 330 g/mol. The molecule has 1 aromatic heterocycles. The fourth-order valence-electron chi connectivity index (χ4n) is 3.91. The minimum absolute atomic E-state index is 0.00346. The van der Waals surface area contributed by atoms with Gasteiger partial charge in [-0.3, -0.25) is 9.59 Å². The van der Waals surface area contributed by atoms with E-state index < -0.39 is 0 Å². The molecule has 26 heavy (non-hydrogen) atoms. The molecule has 3 fully saturated rings. The van der Waals surface area contributed by atoms with Crippen molar-refractivity contribution in [3.8, 4) is 5.75 Å². The number of aromatic hydroxyl groups is 1. The van der Waals surface area contributed by atoms with Crippen LogP contribution in [0.3, 0.4) is 0 Å². The first-order valence-corrected chi connectivity index (χ1v) is 8.91. The third kappa shape index (κ3) is 3.03. The number of piperidine rings is 1. The van der Waals surface area contributed by atoms with Gasteiger partial charge in [0.1, 0.15) is 5.75 Å². The second-order valence-corrected chi connectivity index (χ2v) is 6.96. The summed E-state index contributed by atoms with van der Waals surface area (Å²) in [5.41, 5.74) is 1.14. The number of amides is 2. The monoisotopic (exact) mass is 351 g/mol. The number of carbonyl (C=O) groups excluding carboxylic acids is 2. The highest BCUT2D eigenvalue weighted by Gasteiger charge is 2.42. The van der Waals surface area contributed by atoms with E-state index in [-0.39, 0.29) is 35.2 Å². The van der Waals surface area contributed by atoms with Gasteiger partial charge >= 0.3 is 0 Å². The fourth-order valence-corrected chi connectivity index (χ4v) is 3.91. The van der Waals surface area contributed by atoms with E-state index in [2.05, 4.69) is 4.98 Å². The molecule has 6 nitrogen and oxygen atoms in total. The smallest absolute Gasteiger partial charge is 0.276 e. The number of nitrogens with zero attached hydrogens (tertiary/aromatic N) is 3. The zero-order valence-corrected chi connectivity index (χ0v) is 14.4. The Morgan fingerprint density at radius 1 is 1.12 bits per heavy atom. The van der Waals surface area contributed by atoms with Gasteiger partial charge in [-0.05, 0) is 30.5 Å². The molecule has 4 heterocycles. The maximum absolute atomic E-state index is 12.9. The molecule has 2 bridgehead atoms. The van der Waals surface area contributed by atoms with Crippen LogP contribution in [-0.2, 0) is 11.3 Å². The maximum atomic E-state index is 12.9. The summed E-state index contributed by atoms with van der Waals surface area (Å²) in [6, 6.07) is 13.0. The molecule has 0 radical (unpaired) electrons. The highest BCUT2D eigenvalue weighted by atomic mass is 16.3. The van der Waals surface area contributed by atoms with Crippen LogP contribution in [-0.4, -0.2) is 50.8 Å². The summed E-state index contributed by atoms with van der Waals surface area (Å²) in [6.45, 7) is 1.43. The second-order valence-electron chi connectivity index (χ2n) is 6.96. The van der Waals surface area contributed by atoms with E-state index in [4.69, 9.17) is 0 Å². The largest absolute Gasteiger partial charge is 0.505 e. The molecule has 0 aliphatic carbocycles. The van der Waals surface area contributed by atoms with Crippen LogP contribution in [0.25, 0.3) is 0 Å². The summed E-state index contributed by atoms with van der Waals surface area (Å²) in [7, 11) is 0. The summed E-state index contributed by atoms with van der Waals surface area (Å²) >= 11 is 0. The molecule has 5 rings (SSSR count). The molecule has 0 saturated carbocycles. The lowest BCUT2D eigenvalue weighted by molar-refractivity contribution is -0.140. The van der Waals surface area contributed by atoms with Crippen LogP contribution in [0.5, 0.6) is 5.75 Å². The summed E-state index contributed by atoms with van der Waals surface area (Å²) in [4.78, 5) is 33.3. The van der Waals surface area contributed by atoms with Gasteiger partial charge in [-0.25, -0.2) is 4.98 Å². The number of rotatable bonds is 3. The quantitative estimate of drug-likeness (QED) is 0.918. The molecule has 134 valence electrons. The minimum Gasteiger partial charge on any atom is -0.505 e. The van der Waals surface area contributed by atoms with E-state index in [0.717, 1.165) is 18.4 Å². The van der Waals surface area contributed by atoms with Gasteiger partial charge < -0.3 is 14.9 Å². The van der Waals surface area contributed by atoms with Gasteiger partial charge in [0.05, 0.1) is 5.92 Å². The topological polar surface area (TPSA) is 73.7 Å². The molecule has 2 aromatic rings. The molecule has 2 amide bonds. The van der Waals surface area contributed by atoms with Gasteiger partial charge in [0.2, 0.25) is 5.91 Å². The van der Waals surface area contributed by atoms with Crippen molar-refractivity contribution < 1.29 is 14.7 Å². The predicted molar refractivity (Wildman–Crippen MR) is 95.3 cm³/mol. The summed E-state index contributed by atoms with van der Waals surface area (Å²) in [5, 5.41) is 9.94. The normalized spacial score (nSPS) is 22.4. The summed E-state index contributed by atoms with van der Waals surface area (Å²) in [5.74, 6) is -0.506. The molecule has 6 heteroatoms. The predicted octanol–water partition coefficient (Wildman–Crippen LogP) is 2.05. The van der Waals surface area contributed by atoms with Gasteiger partial charge in [0.25, 0.3) is 5.91 Å². The van der Waals surface area contributed by atoms with Crippen molar-refractivity contribution in [1.82, 2.24) is 14.8 Å². The number of benzene rings is 1. The van der Waals surface area contributed by atoms with Gasteiger partial charge in [-0.15, -0.1) is 0 Å². The highest BCUT2D eigenvalue weighted by Crippen LogP contribution is 2.31. The molecule has 3 aliphatic heterocycles. The Labute approximate surface area is 152 Å². The average Bonchev–Trinajstić information content (AvgIpc) is 2.95. The molecule has 0 unspecified atom stereocenters. The lowest BCUT2D eigenvalue weighted by atomic mass is 9.93. The van der Waals surface area contributed by atoms with Gasteiger partial charge in [0.15, 0.2) is 5.69 Å². The second kappa shape index (κ2) is 6.78. The van der Waals surface area contributed by atoms with Crippen molar-refractivity contribution in [1.29, 1.82) is 0 Å². The van der Waals surface area contributed by atoms with Crippen molar-refractivity contribution in [3.05, 3.63) is 59.9 Å². The standard InChI is InChI=1S/C20H21N3O3/c24-17-7-4-10-21-18(17)20(26)22-12-15-8-9-16(13-22)23(19(15)25)11-14-5-2-1-3-6-14/h1-7,10,15-16,24H,8-9,11-13H2/t15-,16+/m0/s1. The minimum atomic E-state index is -0.311. The van der Waals surface area contributed by atoms with Crippen molar-refractivity contribution in [3.63, 3.8) is 0 Å². The lowest BCUT2D eigenvalue weighted by Crippen LogP contribution is -2.47. The fraction of sp³-hybridized carbons (Fsp3) is 0.350. The first-order chi connectivity index (χ1) is 12.6. The first-order valence-electron chi connectivity index (χ1n) is 8.91. The maximum Gasteiger partial charge on any atom is 0.276 e. The average molecular weight is 351 g/mol. The Kier molecular flexibility index (Phi) is 4.32. The van der Waals surface area contributed by atoms with Crippen molar-refractivity contribution in [2.45, 2.75) is 25.4 Å². The molecule has 1 aromatic carbocycles. The van der Waals surface area contributed by atoms with E-state index >= 15 is 0 Å². The highest BCUT2D eigenvalue weighted by molar-refractivity contribution is 5.95. The summed E-state index contributed by atoms with van der Waals surface area (Å²) in [6.07, 6.45) is 3.18. The molecule has 0 spiro atoms. The third-order valence-electron chi connectivity index (χ3n) is 5.27. The number of hydrogen-bond donors (Lipinski definition) is 1. The third-order valence-corrected chi connectivity index (χ3v) is 5.27. The van der Waals surface area contributed by atoms with Crippen LogP contribution in [0.4, 0.5) is 0 Å². The van der Waals surface area contributed by atoms with Crippen molar-refractivity contribution in [2.75, 3.05) is 13.1 Å². The number of hydrogen-bond acceptors (Lipinski definition) is 4. The van der Waals surface area contributed by atoms with E-state index in [1.54, 1.807) is 11.0 Å². The van der Waals surface area contributed by atoms with Crippen molar-refractivity contribution in [2.24, 2.45) is 5.92 Å². The number of pyridine rings is 1. The Morgan fingerprint density at radius 3 is 2.69 bits per heavy atom. The van der Waals surface area contributed by atoms with Gasteiger partial charge in [-0.2, -0.15) is 0 Å². The van der Waals surface area contributed by atoms with Gasteiger partial charge in [0, 0.05) is 31.9 Å². The van der Waals surface area contributed by atoms with E-state index in [1.165, 1.54) is 12.3 Å². The Bertz CT molecular complexity index is 824. The van der Waals surface area contributed by atoms with E-state index in [1.807, 2.05) is 35.2 Å². The lowest BCUT2D eigenvalue weighted by Gasteiger charge is -2.36. The molecule has 3 saturated heterocycles. The van der Waals surface area contributed by atoms with Crippen LogP contribution in [0.15, 0.2) is 48.7 Å². The molecule has 2 atom stereocenters. The Balaban J connectivity index is 1.57. The van der Waals surface area contributed by atoms with Crippen LogP contribution >= 0.6 is 0 Å². The Hall–Kier alpha value is -2.89. The van der Waals surface area contributed by atoms with Crippen LogP contribution in [0, 0.1) is 5.92 Å². The Morgan fingerprint density at radius 2 is 1.92 bits per heavy atom. The first kappa shape index (κ1) is 16.6. The van der Waals surface area contributed by atoms with Gasteiger partial charge in [-0.1, -0.05) is 30.3 Å². The number of fused-ring (bicyclic) bond motifs is 4. The van der Waals surface area contributed by atoms with Crippen LogP contribution in [0.1, 0.15) is 28.9 Å². The van der Waals surface area contributed by atoms with Crippen LogP contribution < -0.4 is 0 Å². The van der Waals surface area contributed by atoms with E-state index in [9.17, 15) is 14.7 Å². The van der Waals surface area contributed by atoms with Crippen LogP contribution in [0.2, 0.25) is 0 Å². The molecular formula is C20H21N3O3. The summed E-state index contributed by atoms with van der Waals surface area (Å²) < 4.78 is 0. The SMILES string of the molecule is O=C(c1ncccc1O)N1C[C@@H]2CC[C@H](C1)N(Cc1ccccc1)C2=O. The molecule has 1 N–H and O–H groups in total. The molecule has 3 aliphatic rings. The van der Waals surface area contributed by atoms with Crippen molar-refractivity contribution >= 4 is 11.8 Å². The van der Waals surface area contributed by atoms with E-state index in [0.29, 0.717) is 19.6 Å². The zero-order valence-electron chi connectivity index (χ0n) is 14.4.